The molecule has 2 nitrogen and oxygen atoms in total. The Labute approximate surface area is 168 Å². The topological polar surface area (TPSA) is 34.1 Å². The molecule has 0 fully saturated rings. The first kappa shape index (κ1) is 22.5. The summed E-state index contributed by atoms with van der Waals surface area (Å²) in [5.41, 5.74) is 2.46. The molecule has 0 aromatic heterocycles. The maximum Gasteiger partial charge on any atom is 0.214 e. The molecule has 6 heteroatoms. The van der Waals surface area contributed by atoms with Gasteiger partial charge in [0.15, 0.2) is 0 Å². The average molecular weight is 413 g/mol. The van der Waals surface area contributed by atoms with E-state index in [1.165, 1.54) is 38.9 Å². The van der Waals surface area contributed by atoms with E-state index < -0.39 is 0 Å². The highest BCUT2D eigenvalue weighted by atomic mass is 32.2. The van der Waals surface area contributed by atoms with Gasteiger partial charge in [-0.05, 0) is 55.7 Å². The molecule has 0 bridgehead atoms. The highest BCUT2D eigenvalue weighted by Gasteiger charge is 2.06. The molecule has 0 saturated carbocycles. The minimum atomic E-state index is 0.0755. The smallest absolute Gasteiger partial charge is 0.214 e. The van der Waals surface area contributed by atoms with Crippen molar-refractivity contribution in [2.24, 2.45) is 0 Å². The van der Waals surface area contributed by atoms with Gasteiger partial charge in [-0.2, -0.15) is 0 Å². The van der Waals surface area contributed by atoms with Gasteiger partial charge in [-0.1, -0.05) is 36.7 Å². The highest BCUT2D eigenvalue weighted by Crippen LogP contribution is 2.28. The van der Waals surface area contributed by atoms with Crippen molar-refractivity contribution >= 4 is 57.3 Å². The largest absolute Gasteiger partial charge is 0.282 e. The van der Waals surface area contributed by atoms with Crippen molar-refractivity contribution in [3.05, 3.63) is 48.1 Å². The molecule has 25 heavy (non-hydrogen) atoms. The first-order valence-corrected chi connectivity index (χ1v) is 11.8. The van der Waals surface area contributed by atoms with Gasteiger partial charge in [0, 0.05) is 32.8 Å². The Balaban J connectivity index is 2.36. The summed E-state index contributed by atoms with van der Waals surface area (Å²) in [6, 6.07) is 6.45. The van der Waals surface area contributed by atoms with Crippen molar-refractivity contribution in [1.29, 1.82) is 0 Å². The molecule has 0 amide bonds. The van der Waals surface area contributed by atoms with Crippen LogP contribution in [0.15, 0.2) is 52.3 Å². The Morgan fingerprint density at radius 2 is 1.40 bits per heavy atom. The Kier molecular flexibility index (Phi) is 10.7. The van der Waals surface area contributed by atoms with Crippen molar-refractivity contribution in [3.8, 4) is 0 Å². The second-order valence-corrected chi connectivity index (χ2v) is 9.90. The summed E-state index contributed by atoms with van der Waals surface area (Å²) in [6.45, 7) is 12.9. The molecule has 0 saturated heterocycles. The summed E-state index contributed by atoms with van der Waals surface area (Å²) in [5.74, 6) is 3.38. The van der Waals surface area contributed by atoms with Crippen molar-refractivity contribution in [1.82, 2.24) is 0 Å². The quantitative estimate of drug-likeness (QED) is 0.272. The summed E-state index contributed by atoms with van der Waals surface area (Å²) >= 11 is 6.20. The molecule has 1 aromatic rings. The van der Waals surface area contributed by atoms with E-state index in [4.69, 9.17) is 0 Å². The third-order valence-corrected chi connectivity index (χ3v) is 7.73. The van der Waals surface area contributed by atoms with Crippen LogP contribution >= 0.6 is 47.0 Å². The van der Waals surface area contributed by atoms with Gasteiger partial charge in [-0.25, -0.2) is 0 Å². The molecule has 136 valence electrons. The number of carbonyl (C=O) groups is 2. The van der Waals surface area contributed by atoms with Crippen LogP contribution in [0.3, 0.4) is 0 Å². The summed E-state index contributed by atoms with van der Waals surface area (Å²) in [4.78, 5) is 25.4. The van der Waals surface area contributed by atoms with Crippen molar-refractivity contribution < 1.29 is 9.59 Å². The van der Waals surface area contributed by atoms with Crippen molar-refractivity contribution in [2.75, 3.05) is 23.0 Å². The monoisotopic (exact) mass is 412 g/mol. The summed E-state index contributed by atoms with van der Waals surface area (Å²) in [5, 5.41) is 0.151. The predicted molar refractivity (Wildman–Crippen MR) is 117 cm³/mol. The molecule has 0 atom stereocenters. The van der Waals surface area contributed by atoms with Gasteiger partial charge in [0.05, 0.1) is 0 Å². The van der Waals surface area contributed by atoms with Crippen LogP contribution in [0.1, 0.15) is 19.4 Å². The maximum atomic E-state index is 11.5. The SMILES string of the molecule is C=C(C)C(=O)SCCSc1ccc(SCCSC(=O)C(=C)C)c(C)c1. The van der Waals surface area contributed by atoms with Crippen LogP contribution in [0.25, 0.3) is 0 Å². The van der Waals surface area contributed by atoms with E-state index in [1.807, 2.05) is 0 Å². The van der Waals surface area contributed by atoms with E-state index in [-0.39, 0.29) is 10.2 Å². The lowest BCUT2D eigenvalue weighted by molar-refractivity contribution is -0.108. The van der Waals surface area contributed by atoms with Crippen LogP contribution < -0.4 is 0 Å². The minimum Gasteiger partial charge on any atom is -0.282 e. The number of rotatable bonds is 10. The first-order valence-electron chi connectivity index (χ1n) is 7.82. The van der Waals surface area contributed by atoms with Crippen LogP contribution in [0, 0.1) is 6.92 Å². The van der Waals surface area contributed by atoms with E-state index in [0.29, 0.717) is 11.1 Å². The Bertz CT molecular complexity index is 653. The number of hydrogen-bond acceptors (Lipinski definition) is 6. The van der Waals surface area contributed by atoms with Crippen LogP contribution in [0.5, 0.6) is 0 Å². The molecule has 0 heterocycles. The lowest BCUT2D eigenvalue weighted by Crippen LogP contribution is -1.96. The number of benzene rings is 1. The molecular weight excluding hydrogens is 388 g/mol. The molecular formula is C19H24O2S4. The molecule has 0 radical (unpaired) electrons. The molecule has 0 aliphatic heterocycles. The number of carbonyl (C=O) groups excluding carboxylic acids is 2. The van der Waals surface area contributed by atoms with E-state index in [2.05, 4.69) is 38.3 Å². The van der Waals surface area contributed by atoms with Crippen LogP contribution in [-0.2, 0) is 9.59 Å². The zero-order chi connectivity index (χ0) is 18.8. The van der Waals surface area contributed by atoms with Crippen molar-refractivity contribution in [2.45, 2.75) is 30.6 Å². The lowest BCUT2D eigenvalue weighted by atomic mass is 10.2. The predicted octanol–water partition coefficient (Wildman–Crippen LogP) is 5.85. The normalized spacial score (nSPS) is 10.5. The number of hydrogen-bond donors (Lipinski definition) is 0. The van der Waals surface area contributed by atoms with Crippen LogP contribution in [-0.4, -0.2) is 33.2 Å². The second kappa shape index (κ2) is 11.9. The number of aryl methyl sites for hydroxylation is 1. The van der Waals surface area contributed by atoms with Gasteiger partial charge in [0.25, 0.3) is 0 Å². The van der Waals surface area contributed by atoms with Crippen molar-refractivity contribution in [3.63, 3.8) is 0 Å². The Morgan fingerprint density at radius 1 is 0.880 bits per heavy atom. The van der Waals surface area contributed by atoms with E-state index >= 15 is 0 Å². The third kappa shape index (κ3) is 9.08. The molecule has 0 spiro atoms. The van der Waals surface area contributed by atoms with Gasteiger partial charge < -0.3 is 0 Å². The average Bonchev–Trinajstić information content (AvgIpc) is 2.56. The maximum absolute atomic E-state index is 11.5. The zero-order valence-corrected chi connectivity index (χ0v) is 18.2. The number of thioether (sulfide) groups is 4. The third-order valence-electron chi connectivity index (χ3n) is 3.00. The Morgan fingerprint density at radius 3 is 1.88 bits per heavy atom. The Hall–Kier alpha value is -0.560. The standard InChI is InChI=1S/C19H24O2S4/c1-13(2)18(20)24-10-8-22-16-6-7-17(15(5)12-16)23-9-11-25-19(21)14(3)4/h6-7,12H,1,3,8-11H2,2,4-5H3. The van der Waals surface area contributed by atoms with E-state index in [0.717, 1.165) is 23.0 Å². The summed E-state index contributed by atoms with van der Waals surface area (Å²) in [6.07, 6.45) is 0. The van der Waals surface area contributed by atoms with Crippen LogP contribution in [0.2, 0.25) is 0 Å². The summed E-state index contributed by atoms with van der Waals surface area (Å²) < 4.78 is 0. The first-order chi connectivity index (χ1) is 11.8. The molecule has 1 rings (SSSR count). The van der Waals surface area contributed by atoms with Gasteiger partial charge in [0.1, 0.15) is 0 Å². The summed E-state index contributed by atoms with van der Waals surface area (Å²) in [7, 11) is 0. The molecule has 0 N–H and O–H groups in total. The molecule has 0 unspecified atom stereocenters. The zero-order valence-electron chi connectivity index (χ0n) is 14.9. The van der Waals surface area contributed by atoms with Gasteiger partial charge in [-0.3, -0.25) is 9.59 Å². The van der Waals surface area contributed by atoms with Gasteiger partial charge in [0.2, 0.25) is 10.2 Å². The van der Waals surface area contributed by atoms with Gasteiger partial charge in [-0.15, -0.1) is 23.5 Å². The molecule has 1 aromatic carbocycles. The highest BCUT2D eigenvalue weighted by molar-refractivity contribution is 8.15. The molecule has 0 aliphatic rings. The second-order valence-electron chi connectivity index (χ2n) is 5.46. The fourth-order valence-corrected chi connectivity index (χ4v) is 5.23. The van der Waals surface area contributed by atoms with E-state index in [9.17, 15) is 9.59 Å². The molecule has 0 aliphatic carbocycles. The van der Waals surface area contributed by atoms with Gasteiger partial charge >= 0.3 is 0 Å². The lowest BCUT2D eigenvalue weighted by Gasteiger charge is -2.08. The van der Waals surface area contributed by atoms with Crippen LogP contribution in [0.4, 0.5) is 0 Å². The minimum absolute atomic E-state index is 0.0755. The fourth-order valence-electron chi connectivity index (χ4n) is 1.70. The van der Waals surface area contributed by atoms with E-state index in [1.54, 1.807) is 37.4 Å². The fraction of sp³-hybridized carbons (Fsp3) is 0.368.